The lowest BCUT2D eigenvalue weighted by molar-refractivity contribution is -0.145. The highest BCUT2D eigenvalue weighted by Gasteiger charge is 2.27. The highest BCUT2D eigenvalue weighted by Crippen LogP contribution is 2.26. The lowest BCUT2D eigenvalue weighted by Gasteiger charge is -2.15. The molecule has 0 amide bonds. The molecule has 2 unspecified atom stereocenters. The standard InChI is InChI=1S/C11H14N2O5/c1-7(14)17-6-8-2-3-10(18-8)13-5-4-9(15)12-11(13)16/h4-5,8,10H,2-3,6H2,1H3,(H,12,15,16). The van der Waals surface area contributed by atoms with Gasteiger partial charge in [0.25, 0.3) is 5.56 Å². The summed E-state index contributed by atoms with van der Waals surface area (Å²) in [4.78, 5) is 35.3. The second kappa shape index (κ2) is 5.18. The van der Waals surface area contributed by atoms with Crippen LogP contribution in [0.25, 0.3) is 0 Å². The topological polar surface area (TPSA) is 90.4 Å². The van der Waals surface area contributed by atoms with Crippen LogP contribution in [0.4, 0.5) is 0 Å². The quantitative estimate of drug-likeness (QED) is 0.753. The summed E-state index contributed by atoms with van der Waals surface area (Å²) in [6.45, 7) is 1.52. The molecule has 2 rings (SSSR count). The maximum Gasteiger partial charge on any atom is 0.330 e. The first-order valence-corrected chi connectivity index (χ1v) is 5.66. The number of nitrogens with one attached hydrogen (secondary N) is 1. The van der Waals surface area contributed by atoms with Crippen LogP contribution in [-0.4, -0.2) is 28.2 Å². The summed E-state index contributed by atoms with van der Waals surface area (Å²) < 4.78 is 11.8. The molecule has 0 saturated carbocycles. The number of hydrogen-bond acceptors (Lipinski definition) is 5. The van der Waals surface area contributed by atoms with Crippen LogP contribution in [0, 0.1) is 0 Å². The molecule has 18 heavy (non-hydrogen) atoms. The molecule has 0 bridgehead atoms. The zero-order valence-electron chi connectivity index (χ0n) is 9.92. The molecule has 7 nitrogen and oxygen atoms in total. The third-order valence-electron chi connectivity index (χ3n) is 2.72. The summed E-state index contributed by atoms with van der Waals surface area (Å²) in [5, 5.41) is 0. The van der Waals surface area contributed by atoms with E-state index in [-0.39, 0.29) is 18.7 Å². The second-order valence-corrected chi connectivity index (χ2v) is 4.11. The summed E-state index contributed by atoms with van der Waals surface area (Å²) in [5.41, 5.74) is -0.939. The maximum absolute atomic E-state index is 11.5. The predicted octanol–water partition coefficient (Wildman–Crippen LogP) is -0.223. The van der Waals surface area contributed by atoms with Crippen molar-refractivity contribution in [1.29, 1.82) is 0 Å². The fourth-order valence-electron chi connectivity index (χ4n) is 1.88. The van der Waals surface area contributed by atoms with Crippen LogP contribution in [0.3, 0.4) is 0 Å². The van der Waals surface area contributed by atoms with Gasteiger partial charge in [-0.15, -0.1) is 0 Å². The number of rotatable bonds is 3. The summed E-state index contributed by atoms with van der Waals surface area (Å²) in [6.07, 6.45) is 2.11. The van der Waals surface area contributed by atoms with E-state index in [2.05, 4.69) is 4.98 Å². The van der Waals surface area contributed by atoms with Crippen LogP contribution in [0.15, 0.2) is 21.9 Å². The summed E-state index contributed by atoms with van der Waals surface area (Å²) in [7, 11) is 0. The lowest BCUT2D eigenvalue weighted by atomic mass is 10.2. The van der Waals surface area contributed by atoms with Crippen molar-refractivity contribution in [3.05, 3.63) is 33.1 Å². The Labute approximate surface area is 102 Å². The average Bonchev–Trinajstić information content (AvgIpc) is 2.75. The number of ether oxygens (including phenoxy) is 2. The van der Waals surface area contributed by atoms with Crippen LogP contribution < -0.4 is 11.2 Å². The Hall–Kier alpha value is -1.89. The van der Waals surface area contributed by atoms with Crippen LogP contribution in [0.2, 0.25) is 0 Å². The number of hydrogen-bond donors (Lipinski definition) is 1. The first kappa shape index (κ1) is 12.6. The molecule has 1 fully saturated rings. The highest BCUT2D eigenvalue weighted by atomic mass is 16.6. The van der Waals surface area contributed by atoms with Gasteiger partial charge in [0.2, 0.25) is 0 Å². The van der Waals surface area contributed by atoms with Gasteiger partial charge < -0.3 is 9.47 Å². The Kier molecular flexibility index (Phi) is 3.61. The normalized spacial score (nSPS) is 22.9. The number of carbonyl (C=O) groups excluding carboxylic acids is 1. The first-order chi connectivity index (χ1) is 8.56. The molecule has 1 aliphatic rings. The molecule has 1 aliphatic heterocycles. The van der Waals surface area contributed by atoms with Crippen molar-refractivity contribution in [1.82, 2.24) is 9.55 Å². The molecule has 1 saturated heterocycles. The molecular formula is C11H14N2O5. The van der Waals surface area contributed by atoms with Crippen molar-refractivity contribution < 1.29 is 14.3 Å². The monoisotopic (exact) mass is 254 g/mol. The second-order valence-electron chi connectivity index (χ2n) is 4.11. The van der Waals surface area contributed by atoms with Gasteiger partial charge in [-0.2, -0.15) is 0 Å². The highest BCUT2D eigenvalue weighted by molar-refractivity contribution is 5.65. The number of carbonyl (C=O) groups is 1. The molecule has 7 heteroatoms. The van der Waals surface area contributed by atoms with Gasteiger partial charge in [0.05, 0.1) is 6.10 Å². The number of aromatic nitrogens is 2. The minimum atomic E-state index is -0.499. The molecule has 0 spiro atoms. The van der Waals surface area contributed by atoms with E-state index >= 15 is 0 Å². The third-order valence-corrected chi connectivity index (χ3v) is 2.72. The Morgan fingerprint density at radius 3 is 3.00 bits per heavy atom. The van der Waals surface area contributed by atoms with Crippen molar-refractivity contribution >= 4 is 5.97 Å². The molecule has 2 atom stereocenters. The lowest BCUT2D eigenvalue weighted by Crippen LogP contribution is -2.31. The van der Waals surface area contributed by atoms with E-state index in [0.717, 1.165) is 0 Å². The Morgan fingerprint density at radius 1 is 1.56 bits per heavy atom. The summed E-state index contributed by atoms with van der Waals surface area (Å²) in [5.74, 6) is -0.358. The van der Waals surface area contributed by atoms with Crippen molar-refractivity contribution in [3.63, 3.8) is 0 Å². The van der Waals surface area contributed by atoms with E-state index in [1.807, 2.05) is 0 Å². The zero-order chi connectivity index (χ0) is 13.1. The zero-order valence-corrected chi connectivity index (χ0v) is 9.92. The molecule has 0 radical (unpaired) electrons. The Bertz CT molecular complexity index is 547. The Balaban J connectivity index is 2.02. The fraction of sp³-hybridized carbons (Fsp3) is 0.545. The third kappa shape index (κ3) is 2.86. The number of nitrogens with zero attached hydrogens (tertiary/aromatic N) is 1. The van der Waals surface area contributed by atoms with Crippen LogP contribution in [0.5, 0.6) is 0 Å². The van der Waals surface area contributed by atoms with E-state index in [1.165, 1.54) is 23.8 Å². The molecule has 1 N–H and O–H groups in total. The molecule has 0 aliphatic carbocycles. The average molecular weight is 254 g/mol. The van der Waals surface area contributed by atoms with Crippen LogP contribution >= 0.6 is 0 Å². The minimum absolute atomic E-state index is 0.184. The van der Waals surface area contributed by atoms with E-state index in [0.29, 0.717) is 12.8 Å². The molecular weight excluding hydrogens is 240 g/mol. The van der Waals surface area contributed by atoms with Gasteiger partial charge in [-0.25, -0.2) is 4.79 Å². The molecule has 0 aromatic carbocycles. The van der Waals surface area contributed by atoms with Crippen molar-refractivity contribution in [2.45, 2.75) is 32.1 Å². The van der Waals surface area contributed by atoms with Gasteiger partial charge in [-0.3, -0.25) is 19.1 Å². The van der Waals surface area contributed by atoms with Gasteiger partial charge >= 0.3 is 11.7 Å². The fourth-order valence-corrected chi connectivity index (χ4v) is 1.88. The number of H-pyrrole nitrogens is 1. The van der Waals surface area contributed by atoms with Crippen molar-refractivity contribution in [2.24, 2.45) is 0 Å². The predicted molar refractivity (Wildman–Crippen MR) is 61.1 cm³/mol. The number of esters is 1. The van der Waals surface area contributed by atoms with Gasteiger partial charge in [-0.1, -0.05) is 0 Å². The Morgan fingerprint density at radius 2 is 2.33 bits per heavy atom. The largest absolute Gasteiger partial charge is 0.463 e. The van der Waals surface area contributed by atoms with Gasteiger partial charge in [0, 0.05) is 19.2 Å². The molecule has 1 aromatic rings. The van der Waals surface area contributed by atoms with Crippen molar-refractivity contribution in [3.8, 4) is 0 Å². The molecule has 2 heterocycles. The summed E-state index contributed by atoms with van der Waals surface area (Å²) in [6, 6.07) is 1.27. The van der Waals surface area contributed by atoms with E-state index in [4.69, 9.17) is 9.47 Å². The van der Waals surface area contributed by atoms with E-state index < -0.39 is 17.5 Å². The number of aromatic amines is 1. The van der Waals surface area contributed by atoms with Crippen LogP contribution in [-0.2, 0) is 14.3 Å². The van der Waals surface area contributed by atoms with Gasteiger partial charge in [-0.05, 0) is 12.8 Å². The van der Waals surface area contributed by atoms with Gasteiger partial charge in [0.15, 0.2) is 0 Å². The maximum atomic E-state index is 11.5. The van der Waals surface area contributed by atoms with Gasteiger partial charge in [0.1, 0.15) is 12.8 Å². The molecule has 98 valence electrons. The van der Waals surface area contributed by atoms with Crippen molar-refractivity contribution in [2.75, 3.05) is 6.61 Å². The van der Waals surface area contributed by atoms with E-state index in [9.17, 15) is 14.4 Å². The van der Waals surface area contributed by atoms with E-state index in [1.54, 1.807) is 0 Å². The molecule has 1 aromatic heterocycles. The smallest absolute Gasteiger partial charge is 0.330 e. The summed E-state index contributed by atoms with van der Waals surface area (Å²) >= 11 is 0. The van der Waals surface area contributed by atoms with Crippen LogP contribution in [0.1, 0.15) is 26.0 Å². The SMILES string of the molecule is CC(=O)OCC1CCC(n2ccc(=O)[nH]c2=O)O1. The first-order valence-electron chi connectivity index (χ1n) is 5.66. The minimum Gasteiger partial charge on any atom is -0.463 e.